The lowest BCUT2D eigenvalue weighted by molar-refractivity contribution is -0.116. The predicted octanol–water partition coefficient (Wildman–Crippen LogP) is 3.58. The number of furan rings is 1. The zero-order valence-corrected chi connectivity index (χ0v) is 16.2. The van der Waals surface area contributed by atoms with Crippen LogP contribution in [0.2, 0.25) is 0 Å². The fourth-order valence-electron chi connectivity index (χ4n) is 2.42. The highest BCUT2D eigenvalue weighted by atomic mass is 32.1. The van der Waals surface area contributed by atoms with Crippen molar-refractivity contribution in [1.29, 1.82) is 0 Å². The second-order valence-electron chi connectivity index (χ2n) is 5.69. The molecule has 146 valence electrons. The lowest BCUT2D eigenvalue weighted by Gasteiger charge is -2.10. The molecule has 8 nitrogen and oxygen atoms in total. The highest BCUT2D eigenvalue weighted by molar-refractivity contribution is 7.13. The zero-order valence-electron chi connectivity index (χ0n) is 15.4. The van der Waals surface area contributed by atoms with Gasteiger partial charge in [0.05, 0.1) is 26.2 Å². The smallest absolute Gasteiger partial charge is 0.293 e. The minimum absolute atomic E-state index is 0.151. The molecule has 0 spiro atoms. The summed E-state index contributed by atoms with van der Waals surface area (Å²) < 4.78 is 15.4. The quantitative estimate of drug-likeness (QED) is 0.598. The molecule has 2 heterocycles. The van der Waals surface area contributed by atoms with E-state index < -0.39 is 0 Å². The zero-order chi connectivity index (χ0) is 19.9. The first kappa shape index (κ1) is 19.4. The Morgan fingerprint density at radius 3 is 2.68 bits per heavy atom. The minimum atomic E-state index is -0.364. The molecule has 2 aromatic heterocycles. The Balaban J connectivity index is 1.51. The van der Waals surface area contributed by atoms with Crippen molar-refractivity contribution in [3.05, 3.63) is 53.4 Å². The van der Waals surface area contributed by atoms with E-state index in [9.17, 15) is 9.59 Å². The third-order valence-electron chi connectivity index (χ3n) is 3.79. The first-order valence-corrected chi connectivity index (χ1v) is 9.28. The van der Waals surface area contributed by atoms with Gasteiger partial charge < -0.3 is 19.2 Å². The van der Waals surface area contributed by atoms with Gasteiger partial charge in [0.25, 0.3) is 5.91 Å². The Morgan fingerprint density at radius 2 is 1.96 bits per heavy atom. The first-order chi connectivity index (χ1) is 13.6. The number of ether oxygens (including phenoxy) is 2. The largest absolute Gasteiger partial charge is 0.493 e. The normalized spacial score (nSPS) is 10.4. The number of hydrogen-bond acceptors (Lipinski definition) is 7. The average Bonchev–Trinajstić information content (AvgIpc) is 3.38. The van der Waals surface area contributed by atoms with Gasteiger partial charge in [0.15, 0.2) is 22.4 Å². The standard InChI is InChI=1S/C19H19N3O5S/c1-25-14-7-5-12(10-16(14)26-2)20-17(23)8-6-13-11-28-19(21-13)22-18(24)15-4-3-9-27-15/h3-5,7,9-11H,6,8H2,1-2H3,(H,20,23)(H,21,22,24). The SMILES string of the molecule is COc1ccc(NC(=O)CCc2csc(NC(=O)c3ccco3)n2)cc1OC. The molecule has 2 N–H and O–H groups in total. The molecule has 0 aliphatic rings. The molecule has 28 heavy (non-hydrogen) atoms. The van der Waals surface area contributed by atoms with Crippen molar-refractivity contribution in [3.8, 4) is 11.5 Å². The number of aryl methyl sites for hydroxylation is 1. The number of methoxy groups -OCH3 is 2. The maximum absolute atomic E-state index is 12.2. The van der Waals surface area contributed by atoms with E-state index >= 15 is 0 Å². The van der Waals surface area contributed by atoms with Gasteiger partial charge in [-0.15, -0.1) is 11.3 Å². The van der Waals surface area contributed by atoms with Gasteiger partial charge in [-0.2, -0.15) is 0 Å². The van der Waals surface area contributed by atoms with Crippen molar-refractivity contribution >= 4 is 34.0 Å². The number of nitrogens with zero attached hydrogens (tertiary/aromatic N) is 1. The summed E-state index contributed by atoms with van der Waals surface area (Å²) in [6.45, 7) is 0. The predicted molar refractivity (Wildman–Crippen MR) is 105 cm³/mol. The summed E-state index contributed by atoms with van der Waals surface area (Å²) in [4.78, 5) is 28.4. The number of thiazole rings is 1. The number of anilines is 2. The summed E-state index contributed by atoms with van der Waals surface area (Å²) in [5.41, 5.74) is 1.34. The molecule has 0 radical (unpaired) electrons. The van der Waals surface area contributed by atoms with Gasteiger partial charge >= 0.3 is 0 Å². The minimum Gasteiger partial charge on any atom is -0.493 e. The van der Waals surface area contributed by atoms with Crippen LogP contribution >= 0.6 is 11.3 Å². The Bertz CT molecular complexity index is 952. The van der Waals surface area contributed by atoms with Crippen molar-refractivity contribution in [2.75, 3.05) is 24.9 Å². The fraction of sp³-hybridized carbons (Fsp3) is 0.211. The van der Waals surface area contributed by atoms with Crippen molar-refractivity contribution in [2.45, 2.75) is 12.8 Å². The van der Waals surface area contributed by atoms with Crippen LogP contribution in [-0.2, 0) is 11.2 Å². The molecule has 1 aromatic carbocycles. The molecule has 0 bridgehead atoms. The van der Waals surface area contributed by atoms with Crippen LogP contribution in [0, 0.1) is 0 Å². The molecule has 9 heteroatoms. The molecule has 0 fully saturated rings. The lowest BCUT2D eigenvalue weighted by atomic mass is 10.2. The van der Waals surface area contributed by atoms with E-state index in [0.717, 1.165) is 5.69 Å². The molecule has 0 aliphatic heterocycles. The number of aromatic nitrogens is 1. The van der Waals surface area contributed by atoms with Crippen LogP contribution < -0.4 is 20.1 Å². The average molecular weight is 401 g/mol. The van der Waals surface area contributed by atoms with Crippen LogP contribution in [0.1, 0.15) is 22.7 Å². The van der Waals surface area contributed by atoms with E-state index in [4.69, 9.17) is 13.9 Å². The molecule has 3 rings (SSSR count). The van der Waals surface area contributed by atoms with E-state index in [1.165, 1.54) is 24.7 Å². The molecule has 0 aliphatic carbocycles. The summed E-state index contributed by atoms with van der Waals surface area (Å²) in [7, 11) is 3.09. The van der Waals surface area contributed by atoms with Crippen LogP contribution in [-0.4, -0.2) is 31.0 Å². The number of rotatable bonds is 8. The van der Waals surface area contributed by atoms with Gasteiger partial charge in [-0.1, -0.05) is 0 Å². The number of amides is 2. The van der Waals surface area contributed by atoms with E-state index in [2.05, 4.69) is 15.6 Å². The van der Waals surface area contributed by atoms with Crippen molar-refractivity contribution in [2.24, 2.45) is 0 Å². The van der Waals surface area contributed by atoms with Crippen molar-refractivity contribution in [1.82, 2.24) is 4.98 Å². The number of hydrogen-bond donors (Lipinski definition) is 2. The molecule has 0 unspecified atom stereocenters. The van der Waals surface area contributed by atoms with Crippen LogP contribution in [0.4, 0.5) is 10.8 Å². The van der Waals surface area contributed by atoms with Gasteiger partial charge in [-0.3, -0.25) is 14.9 Å². The Labute approximate surface area is 165 Å². The summed E-state index contributed by atoms with van der Waals surface area (Å²) in [5.74, 6) is 0.827. The van der Waals surface area contributed by atoms with Gasteiger partial charge in [-0.25, -0.2) is 4.98 Å². The summed E-state index contributed by atoms with van der Waals surface area (Å²) in [6, 6.07) is 8.37. The summed E-state index contributed by atoms with van der Waals surface area (Å²) in [5, 5.41) is 7.74. The molecule has 0 saturated carbocycles. The molecular weight excluding hydrogens is 382 g/mol. The van der Waals surface area contributed by atoms with Crippen molar-refractivity contribution < 1.29 is 23.5 Å². The van der Waals surface area contributed by atoms with Crippen LogP contribution in [0.5, 0.6) is 11.5 Å². The monoisotopic (exact) mass is 401 g/mol. The number of carbonyl (C=O) groups is 2. The fourth-order valence-corrected chi connectivity index (χ4v) is 3.16. The highest BCUT2D eigenvalue weighted by Gasteiger charge is 2.12. The maximum Gasteiger partial charge on any atom is 0.293 e. The third-order valence-corrected chi connectivity index (χ3v) is 4.60. The van der Waals surface area contributed by atoms with Gasteiger partial charge in [0.1, 0.15) is 0 Å². The van der Waals surface area contributed by atoms with E-state index in [1.54, 1.807) is 42.8 Å². The second kappa shape index (κ2) is 9.05. The molecule has 0 atom stereocenters. The maximum atomic E-state index is 12.2. The van der Waals surface area contributed by atoms with Gasteiger partial charge in [0.2, 0.25) is 5.91 Å². The van der Waals surface area contributed by atoms with E-state index in [-0.39, 0.29) is 24.0 Å². The lowest BCUT2D eigenvalue weighted by Crippen LogP contribution is -2.13. The van der Waals surface area contributed by atoms with Gasteiger partial charge in [-0.05, 0) is 30.7 Å². The Kier molecular flexibility index (Phi) is 6.28. The van der Waals surface area contributed by atoms with Crippen molar-refractivity contribution in [3.63, 3.8) is 0 Å². The Hall–Kier alpha value is -3.33. The van der Waals surface area contributed by atoms with E-state index in [1.807, 2.05) is 0 Å². The molecule has 3 aromatic rings. The second-order valence-corrected chi connectivity index (χ2v) is 6.55. The first-order valence-electron chi connectivity index (χ1n) is 8.40. The highest BCUT2D eigenvalue weighted by Crippen LogP contribution is 2.29. The van der Waals surface area contributed by atoms with E-state index in [0.29, 0.717) is 28.7 Å². The van der Waals surface area contributed by atoms with Crippen LogP contribution in [0.15, 0.2) is 46.4 Å². The number of carbonyl (C=O) groups excluding carboxylic acids is 2. The van der Waals surface area contributed by atoms with Gasteiger partial charge in [0, 0.05) is 23.6 Å². The topological polar surface area (TPSA) is 103 Å². The summed E-state index contributed by atoms with van der Waals surface area (Å²) >= 11 is 1.29. The van der Waals surface area contributed by atoms with Crippen LogP contribution in [0.3, 0.4) is 0 Å². The molecule has 2 amide bonds. The van der Waals surface area contributed by atoms with Crippen LogP contribution in [0.25, 0.3) is 0 Å². The summed E-state index contributed by atoms with van der Waals surface area (Å²) in [6.07, 6.45) is 2.13. The molecular formula is C19H19N3O5S. The molecule has 0 saturated heterocycles. The number of nitrogens with one attached hydrogen (secondary N) is 2. The number of benzene rings is 1. The Morgan fingerprint density at radius 1 is 1.14 bits per heavy atom. The third kappa shape index (κ3) is 4.89.